The van der Waals surface area contributed by atoms with Crippen LogP contribution in [0, 0.1) is 6.92 Å². The van der Waals surface area contributed by atoms with Gasteiger partial charge in [0.15, 0.2) is 0 Å². The van der Waals surface area contributed by atoms with Crippen molar-refractivity contribution in [2.45, 2.75) is 26.3 Å². The van der Waals surface area contributed by atoms with E-state index >= 15 is 0 Å². The maximum atomic E-state index is 12.7. The Morgan fingerprint density at radius 2 is 1.62 bits per heavy atom. The van der Waals surface area contributed by atoms with E-state index < -0.39 is 0 Å². The minimum atomic E-state index is -0.103. The van der Waals surface area contributed by atoms with Gasteiger partial charge in [-0.3, -0.25) is 9.59 Å². The number of imidazole rings is 1. The van der Waals surface area contributed by atoms with Gasteiger partial charge in [-0.05, 0) is 49.7 Å². The Morgan fingerprint density at radius 3 is 2.41 bits per heavy atom. The summed E-state index contributed by atoms with van der Waals surface area (Å²) in [5.41, 5.74) is 4.33. The van der Waals surface area contributed by atoms with Crippen molar-refractivity contribution in [3.05, 3.63) is 95.8 Å². The van der Waals surface area contributed by atoms with Gasteiger partial charge < -0.3 is 15.2 Å². The molecule has 6 heteroatoms. The third kappa shape index (κ3) is 5.21. The van der Waals surface area contributed by atoms with Crippen LogP contribution in [-0.2, 0) is 17.8 Å². The number of hydrogen-bond donors (Lipinski definition) is 2. The number of nitrogens with one attached hydrogen (secondary N) is 2. The highest BCUT2D eigenvalue weighted by molar-refractivity contribution is 5.94. The molecule has 4 rings (SSSR count). The Balaban J connectivity index is 1.40. The lowest BCUT2D eigenvalue weighted by Gasteiger charge is -2.11. The summed E-state index contributed by atoms with van der Waals surface area (Å²) in [6.07, 6.45) is 1.38. The van der Waals surface area contributed by atoms with Gasteiger partial charge in [0.1, 0.15) is 12.4 Å². The zero-order valence-corrected chi connectivity index (χ0v) is 18.0. The number of carbonyl (C=O) groups is 2. The van der Waals surface area contributed by atoms with Gasteiger partial charge in [0.05, 0.1) is 11.0 Å². The molecule has 0 atom stereocenters. The zero-order chi connectivity index (χ0) is 22.3. The van der Waals surface area contributed by atoms with Gasteiger partial charge in [-0.15, -0.1) is 0 Å². The summed E-state index contributed by atoms with van der Waals surface area (Å²) in [5, 5.41) is 5.89. The number of para-hydroxylation sites is 3. The fraction of sp³-hybridized carbons (Fsp3) is 0.192. The summed E-state index contributed by atoms with van der Waals surface area (Å²) in [6.45, 7) is 2.71. The minimum Gasteiger partial charge on any atom is -0.352 e. The average molecular weight is 427 g/mol. The van der Waals surface area contributed by atoms with Crippen molar-refractivity contribution in [1.82, 2.24) is 14.9 Å². The lowest BCUT2D eigenvalue weighted by molar-refractivity contribution is -0.116. The standard InChI is InChI=1S/C26H26N4O2/c1-19-13-15-20(16-14-19)26(32)27-17-7-12-24-29-22-10-5-6-11-23(22)30(24)18-25(31)28-21-8-3-2-4-9-21/h2-6,8-11,13-16H,7,12,17-18H2,1H3,(H,27,32)(H,28,31). The van der Waals surface area contributed by atoms with Crippen LogP contribution in [0.2, 0.25) is 0 Å². The first-order valence-corrected chi connectivity index (χ1v) is 10.7. The molecule has 0 saturated carbocycles. The van der Waals surface area contributed by atoms with Crippen LogP contribution in [0.4, 0.5) is 5.69 Å². The van der Waals surface area contributed by atoms with Crippen LogP contribution in [0.25, 0.3) is 11.0 Å². The maximum absolute atomic E-state index is 12.7. The van der Waals surface area contributed by atoms with E-state index in [9.17, 15) is 9.59 Å². The van der Waals surface area contributed by atoms with Crippen LogP contribution in [0.1, 0.15) is 28.2 Å². The quantitative estimate of drug-likeness (QED) is 0.412. The predicted molar refractivity (Wildman–Crippen MR) is 127 cm³/mol. The first-order valence-electron chi connectivity index (χ1n) is 10.7. The molecule has 0 saturated heterocycles. The second kappa shape index (κ2) is 9.92. The third-order valence-corrected chi connectivity index (χ3v) is 5.27. The average Bonchev–Trinajstić information content (AvgIpc) is 3.15. The van der Waals surface area contributed by atoms with E-state index in [1.165, 1.54) is 0 Å². The normalized spacial score (nSPS) is 10.8. The first-order chi connectivity index (χ1) is 15.6. The molecule has 0 spiro atoms. The third-order valence-electron chi connectivity index (χ3n) is 5.27. The lowest BCUT2D eigenvalue weighted by Crippen LogP contribution is -2.25. The Hall–Kier alpha value is -3.93. The molecule has 162 valence electrons. The van der Waals surface area contributed by atoms with Gasteiger partial charge in [-0.1, -0.05) is 48.0 Å². The molecule has 1 heterocycles. The monoisotopic (exact) mass is 426 g/mol. The van der Waals surface area contributed by atoms with Gasteiger partial charge in [0.25, 0.3) is 5.91 Å². The number of amides is 2. The number of nitrogens with zero attached hydrogens (tertiary/aromatic N) is 2. The summed E-state index contributed by atoms with van der Waals surface area (Å²) in [7, 11) is 0. The number of hydrogen-bond acceptors (Lipinski definition) is 3. The molecule has 0 bridgehead atoms. The summed E-state index contributed by atoms with van der Waals surface area (Å²) >= 11 is 0. The van der Waals surface area contributed by atoms with Gasteiger partial charge in [0, 0.05) is 24.2 Å². The van der Waals surface area contributed by atoms with Gasteiger partial charge >= 0.3 is 0 Å². The smallest absolute Gasteiger partial charge is 0.251 e. The second-order valence-corrected chi connectivity index (χ2v) is 7.74. The Kier molecular flexibility index (Phi) is 6.60. The van der Waals surface area contributed by atoms with Crippen molar-refractivity contribution in [3.63, 3.8) is 0 Å². The van der Waals surface area contributed by atoms with E-state index in [-0.39, 0.29) is 18.4 Å². The molecule has 2 amide bonds. The highest BCUT2D eigenvalue weighted by Gasteiger charge is 2.14. The van der Waals surface area contributed by atoms with Gasteiger partial charge in [-0.2, -0.15) is 0 Å². The van der Waals surface area contributed by atoms with Crippen molar-refractivity contribution >= 4 is 28.5 Å². The van der Waals surface area contributed by atoms with Crippen molar-refractivity contribution < 1.29 is 9.59 Å². The maximum Gasteiger partial charge on any atom is 0.251 e. The molecule has 0 fully saturated rings. The van der Waals surface area contributed by atoms with E-state index in [4.69, 9.17) is 4.98 Å². The number of rotatable bonds is 8. The minimum absolute atomic E-state index is 0.0826. The Morgan fingerprint density at radius 1 is 0.906 bits per heavy atom. The summed E-state index contributed by atoms with van der Waals surface area (Å²) < 4.78 is 1.95. The van der Waals surface area contributed by atoms with Crippen molar-refractivity contribution in [2.75, 3.05) is 11.9 Å². The number of carbonyl (C=O) groups excluding carboxylic acids is 2. The summed E-state index contributed by atoms with van der Waals surface area (Å²) in [6, 6.07) is 24.7. The van der Waals surface area contributed by atoms with E-state index in [0.29, 0.717) is 18.5 Å². The molecule has 2 N–H and O–H groups in total. The Bertz CT molecular complexity index is 1210. The molecular formula is C26H26N4O2. The Labute approximate surface area is 187 Å². The number of aryl methyl sites for hydroxylation is 2. The van der Waals surface area contributed by atoms with Crippen molar-refractivity contribution in [3.8, 4) is 0 Å². The molecule has 0 aliphatic carbocycles. The van der Waals surface area contributed by atoms with Crippen LogP contribution >= 0.6 is 0 Å². The molecule has 0 radical (unpaired) electrons. The fourth-order valence-electron chi connectivity index (χ4n) is 3.61. The van der Waals surface area contributed by atoms with Crippen molar-refractivity contribution in [1.29, 1.82) is 0 Å². The largest absolute Gasteiger partial charge is 0.352 e. The lowest BCUT2D eigenvalue weighted by atomic mass is 10.1. The molecule has 0 aliphatic rings. The van der Waals surface area contributed by atoms with Crippen LogP contribution in [0.5, 0.6) is 0 Å². The van der Waals surface area contributed by atoms with E-state index in [2.05, 4.69) is 10.6 Å². The highest BCUT2D eigenvalue weighted by Crippen LogP contribution is 2.17. The molecule has 1 aromatic heterocycles. The zero-order valence-electron chi connectivity index (χ0n) is 18.0. The highest BCUT2D eigenvalue weighted by atomic mass is 16.2. The van der Waals surface area contributed by atoms with E-state index in [0.717, 1.165) is 34.5 Å². The van der Waals surface area contributed by atoms with Gasteiger partial charge in [0.2, 0.25) is 5.91 Å². The fourth-order valence-corrected chi connectivity index (χ4v) is 3.61. The summed E-state index contributed by atoms with van der Waals surface area (Å²) in [4.78, 5) is 29.7. The number of aromatic nitrogens is 2. The molecule has 4 aromatic rings. The van der Waals surface area contributed by atoms with Gasteiger partial charge in [-0.25, -0.2) is 4.98 Å². The topological polar surface area (TPSA) is 76.0 Å². The molecule has 32 heavy (non-hydrogen) atoms. The van der Waals surface area contributed by atoms with E-state index in [1.807, 2.05) is 90.4 Å². The molecule has 6 nitrogen and oxygen atoms in total. The second-order valence-electron chi connectivity index (χ2n) is 7.74. The molecular weight excluding hydrogens is 400 g/mol. The number of anilines is 1. The summed E-state index contributed by atoms with van der Waals surface area (Å²) in [5.74, 6) is 0.646. The molecule has 0 unspecified atom stereocenters. The first kappa shape index (κ1) is 21.3. The van der Waals surface area contributed by atoms with E-state index in [1.54, 1.807) is 0 Å². The number of benzene rings is 3. The van der Waals surface area contributed by atoms with Crippen LogP contribution in [0.15, 0.2) is 78.9 Å². The number of fused-ring (bicyclic) bond motifs is 1. The van der Waals surface area contributed by atoms with Crippen molar-refractivity contribution in [2.24, 2.45) is 0 Å². The predicted octanol–water partition coefficient (Wildman–Crippen LogP) is 4.35. The van der Waals surface area contributed by atoms with Crippen LogP contribution in [0.3, 0.4) is 0 Å². The van der Waals surface area contributed by atoms with Crippen LogP contribution < -0.4 is 10.6 Å². The molecule has 3 aromatic carbocycles. The SMILES string of the molecule is Cc1ccc(C(=O)NCCCc2nc3ccccc3n2CC(=O)Nc2ccccc2)cc1. The molecule has 0 aliphatic heterocycles. The van der Waals surface area contributed by atoms with Crippen LogP contribution in [-0.4, -0.2) is 27.9 Å².